The van der Waals surface area contributed by atoms with E-state index >= 15 is 0 Å². The summed E-state index contributed by atoms with van der Waals surface area (Å²) in [5.74, 6) is 1.28. The van der Waals surface area contributed by atoms with E-state index < -0.39 is 0 Å². The predicted octanol–water partition coefficient (Wildman–Crippen LogP) is 1.69. The van der Waals surface area contributed by atoms with Gasteiger partial charge in [-0.05, 0) is 37.9 Å². The van der Waals surface area contributed by atoms with E-state index in [9.17, 15) is 4.79 Å². The Kier molecular flexibility index (Phi) is 5.01. The Labute approximate surface area is 121 Å². The minimum Gasteiger partial charge on any atom is -0.496 e. The van der Waals surface area contributed by atoms with E-state index in [2.05, 4.69) is 18.3 Å². The average molecular weight is 276 g/mol. The third-order valence-corrected chi connectivity index (χ3v) is 4.13. The number of nitrogens with one attached hydrogen (secondary N) is 1. The largest absolute Gasteiger partial charge is 0.496 e. The molecule has 1 N–H and O–H groups in total. The van der Waals surface area contributed by atoms with Gasteiger partial charge in [-0.15, -0.1) is 0 Å². The van der Waals surface area contributed by atoms with Crippen LogP contribution in [0.5, 0.6) is 5.75 Å². The second-order valence-corrected chi connectivity index (χ2v) is 5.50. The van der Waals surface area contributed by atoms with Crippen LogP contribution < -0.4 is 10.1 Å². The van der Waals surface area contributed by atoms with Crippen molar-refractivity contribution in [1.29, 1.82) is 0 Å². The molecule has 1 aromatic rings. The van der Waals surface area contributed by atoms with Gasteiger partial charge < -0.3 is 15.0 Å². The lowest BCUT2D eigenvalue weighted by Gasteiger charge is -2.28. The van der Waals surface area contributed by atoms with Crippen molar-refractivity contribution >= 4 is 5.91 Å². The van der Waals surface area contributed by atoms with Crippen LogP contribution in [0.1, 0.15) is 18.9 Å². The normalized spacial score (nSPS) is 19.6. The molecule has 0 spiro atoms. The number of methoxy groups -OCH3 is 1. The number of amides is 1. The Hall–Kier alpha value is -1.55. The summed E-state index contributed by atoms with van der Waals surface area (Å²) < 4.78 is 5.37. The number of rotatable bonds is 5. The lowest BCUT2D eigenvalue weighted by atomic mass is 10.0. The van der Waals surface area contributed by atoms with Crippen molar-refractivity contribution in [2.45, 2.75) is 25.8 Å². The molecule has 1 saturated heterocycles. The van der Waals surface area contributed by atoms with E-state index in [0.717, 1.165) is 37.2 Å². The molecule has 2 rings (SSSR count). The zero-order valence-electron chi connectivity index (χ0n) is 12.6. The molecule has 20 heavy (non-hydrogen) atoms. The number of likely N-dealkylation sites (N-methyl/N-ethyl adjacent to an activating group) is 1. The molecule has 0 aliphatic carbocycles. The highest BCUT2D eigenvalue weighted by Gasteiger charge is 2.27. The molecule has 1 aromatic carbocycles. The minimum atomic E-state index is 0.139. The summed E-state index contributed by atoms with van der Waals surface area (Å²) in [5, 5.41) is 3.25. The van der Waals surface area contributed by atoms with Crippen molar-refractivity contribution in [3.05, 3.63) is 29.8 Å². The number of hydrogen-bond acceptors (Lipinski definition) is 3. The molecule has 1 heterocycles. The highest BCUT2D eigenvalue weighted by Crippen LogP contribution is 2.21. The average Bonchev–Trinajstić information content (AvgIpc) is 3.00. The zero-order chi connectivity index (χ0) is 14.5. The van der Waals surface area contributed by atoms with Crippen molar-refractivity contribution < 1.29 is 9.53 Å². The lowest BCUT2D eigenvalue weighted by Crippen LogP contribution is -2.40. The van der Waals surface area contributed by atoms with Gasteiger partial charge in [0.1, 0.15) is 5.75 Å². The topological polar surface area (TPSA) is 41.6 Å². The SMILES string of the molecule is COc1ccccc1CC(C)N(C)C(=O)C1CCNC1. The van der Waals surface area contributed by atoms with Gasteiger partial charge in [0.15, 0.2) is 0 Å². The number of nitrogens with zero attached hydrogens (tertiary/aromatic N) is 1. The van der Waals surface area contributed by atoms with E-state index in [1.807, 2.05) is 30.1 Å². The van der Waals surface area contributed by atoms with Gasteiger partial charge in [-0.3, -0.25) is 4.79 Å². The van der Waals surface area contributed by atoms with E-state index in [-0.39, 0.29) is 17.9 Å². The molecule has 1 aliphatic rings. The summed E-state index contributed by atoms with van der Waals surface area (Å²) in [7, 11) is 3.59. The number of ether oxygens (including phenoxy) is 1. The molecular weight excluding hydrogens is 252 g/mol. The minimum absolute atomic E-state index is 0.139. The molecule has 0 saturated carbocycles. The summed E-state index contributed by atoms with van der Waals surface area (Å²) in [5.41, 5.74) is 1.15. The van der Waals surface area contributed by atoms with Gasteiger partial charge in [-0.25, -0.2) is 0 Å². The zero-order valence-corrected chi connectivity index (χ0v) is 12.6. The molecule has 2 atom stereocenters. The fourth-order valence-corrected chi connectivity index (χ4v) is 2.70. The summed E-state index contributed by atoms with van der Waals surface area (Å²) in [6, 6.07) is 8.16. The Morgan fingerprint density at radius 2 is 2.25 bits per heavy atom. The first-order valence-electron chi connectivity index (χ1n) is 7.22. The van der Waals surface area contributed by atoms with Gasteiger partial charge >= 0.3 is 0 Å². The summed E-state index contributed by atoms with van der Waals surface area (Å²) >= 11 is 0. The quantitative estimate of drug-likeness (QED) is 0.890. The third kappa shape index (κ3) is 3.31. The van der Waals surface area contributed by atoms with E-state index in [4.69, 9.17) is 4.74 Å². The molecule has 0 bridgehead atoms. The number of carbonyl (C=O) groups is 1. The lowest BCUT2D eigenvalue weighted by molar-refractivity contribution is -0.135. The Balaban J connectivity index is 1.99. The van der Waals surface area contributed by atoms with Gasteiger partial charge in [-0.1, -0.05) is 18.2 Å². The molecule has 1 aliphatic heterocycles. The fourth-order valence-electron chi connectivity index (χ4n) is 2.70. The van der Waals surface area contributed by atoms with Crippen molar-refractivity contribution in [2.75, 3.05) is 27.2 Å². The standard InChI is InChI=1S/C16H24N2O2/c1-12(10-13-6-4-5-7-15(13)20-3)18(2)16(19)14-8-9-17-11-14/h4-7,12,14,17H,8-11H2,1-3H3. The third-order valence-electron chi connectivity index (χ3n) is 4.13. The highest BCUT2D eigenvalue weighted by atomic mass is 16.5. The summed E-state index contributed by atoms with van der Waals surface area (Å²) in [4.78, 5) is 14.3. The van der Waals surface area contributed by atoms with Crippen LogP contribution in [0.4, 0.5) is 0 Å². The van der Waals surface area contributed by atoms with Gasteiger partial charge in [0.25, 0.3) is 0 Å². The number of para-hydroxylation sites is 1. The van der Waals surface area contributed by atoms with Crippen LogP contribution in [0.25, 0.3) is 0 Å². The monoisotopic (exact) mass is 276 g/mol. The van der Waals surface area contributed by atoms with Gasteiger partial charge in [0.2, 0.25) is 5.91 Å². The molecule has 0 radical (unpaired) electrons. The smallest absolute Gasteiger partial charge is 0.227 e. The molecule has 4 heteroatoms. The second kappa shape index (κ2) is 6.75. The van der Waals surface area contributed by atoms with Crippen LogP contribution in [0.15, 0.2) is 24.3 Å². The van der Waals surface area contributed by atoms with Gasteiger partial charge in [0, 0.05) is 19.6 Å². The van der Waals surface area contributed by atoms with Crippen LogP contribution >= 0.6 is 0 Å². The molecule has 0 aromatic heterocycles. The molecule has 1 amide bonds. The first-order chi connectivity index (χ1) is 9.63. The first-order valence-corrected chi connectivity index (χ1v) is 7.22. The number of hydrogen-bond donors (Lipinski definition) is 1. The fraction of sp³-hybridized carbons (Fsp3) is 0.562. The number of benzene rings is 1. The van der Waals surface area contributed by atoms with Crippen molar-refractivity contribution in [3.63, 3.8) is 0 Å². The summed E-state index contributed by atoms with van der Waals surface area (Å²) in [6.45, 7) is 3.85. The molecule has 1 fully saturated rings. The van der Waals surface area contributed by atoms with Crippen LogP contribution in [0, 0.1) is 5.92 Å². The predicted molar refractivity (Wildman–Crippen MR) is 79.9 cm³/mol. The van der Waals surface area contributed by atoms with E-state index in [1.54, 1.807) is 7.11 Å². The maximum atomic E-state index is 12.4. The Morgan fingerprint density at radius 1 is 1.50 bits per heavy atom. The van der Waals surface area contributed by atoms with Gasteiger partial charge in [0.05, 0.1) is 13.0 Å². The Bertz CT molecular complexity index is 456. The first kappa shape index (κ1) is 14.9. The van der Waals surface area contributed by atoms with Crippen molar-refractivity contribution in [3.8, 4) is 5.75 Å². The number of carbonyl (C=O) groups excluding carboxylic acids is 1. The van der Waals surface area contributed by atoms with Crippen LogP contribution in [-0.2, 0) is 11.2 Å². The van der Waals surface area contributed by atoms with Crippen LogP contribution in [-0.4, -0.2) is 44.1 Å². The maximum Gasteiger partial charge on any atom is 0.227 e. The molecule has 110 valence electrons. The maximum absolute atomic E-state index is 12.4. The highest BCUT2D eigenvalue weighted by molar-refractivity contribution is 5.79. The summed E-state index contributed by atoms with van der Waals surface area (Å²) in [6.07, 6.45) is 1.76. The molecular formula is C16H24N2O2. The van der Waals surface area contributed by atoms with Crippen LogP contribution in [0.2, 0.25) is 0 Å². The van der Waals surface area contributed by atoms with E-state index in [0.29, 0.717) is 0 Å². The van der Waals surface area contributed by atoms with Gasteiger partial charge in [-0.2, -0.15) is 0 Å². The molecule has 2 unspecified atom stereocenters. The molecule has 4 nitrogen and oxygen atoms in total. The van der Waals surface area contributed by atoms with E-state index in [1.165, 1.54) is 0 Å². The Morgan fingerprint density at radius 3 is 2.90 bits per heavy atom. The second-order valence-electron chi connectivity index (χ2n) is 5.50. The van der Waals surface area contributed by atoms with Crippen molar-refractivity contribution in [2.24, 2.45) is 5.92 Å². The van der Waals surface area contributed by atoms with Crippen LogP contribution in [0.3, 0.4) is 0 Å². The van der Waals surface area contributed by atoms with Crippen molar-refractivity contribution in [1.82, 2.24) is 10.2 Å².